The minimum absolute atomic E-state index is 0.0841. The van der Waals surface area contributed by atoms with Crippen LogP contribution in [-0.4, -0.2) is 27.9 Å². The lowest BCUT2D eigenvalue weighted by Crippen LogP contribution is -2.33. The van der Waals surface area contributed by atoms with Gasteiger partial charge in [-0.05, 0) is 30.5 Å². The summed E-state index contributed by atoms with van der Waals surface area (Å²) in [6.45, 7) is 4.59. The lowest BCUT2D eigenvalue weighted by atomic mass is 10.1. The highest BCUT2D eigenvalue weighted by Crippen LogP contribution is 2.22. The molecule has 2 aromatic heterocycles. The molecule has 0 bridgehead atoms. The van der Waals surface area contributed by atoms with Crippen LogP contribution in [0.2, 0.25) is 0 Å². The van der Waals surface area contributed by atoms with Crippen molar-refractivity contribution in [3.8, 4) is 0 Å². The molecule has 3 aromatic rings. The molecule has 136 valence electrons. The Bertz CT molecular complexity index is 902. The van der Waals surface area contributed by atoms with Crippen LogP contribution in [0.4, 0.5) is 0 Å². The predicted octanol–water partition coefficient (Wildman–Crippen LogP) is 2.79. The molecule has 6 nitrogen and oxygen atoms in total. The second kappa shape index (κ2) is 8.14. The molecule has 0 fully saturated rings. The van der Waals surface area contributed by atoms with Crippen LogP contribution in [0.1, 0.15) is 30.1 Å². The molecule has 1 aromatic carbocycles. The van der Waals surface area contributed by atoms with Crippen LogP contribution >= 0.6 is 11.3 Å². The lowest BCUT2D eigenvalue weighted by Gasteiger charge is -2.16. The number of carbonyl (C=O) groups is 2. The summed E-state index contributed by atoms with van der Waals surface area (Å²) in [6, 6.07) is 11.5. The number of rotatable bonds is 7. The summed E-state index contributed by atoms with van der Waals surface area (Å²) in [5, 5.41) is 7.73. The van der Waals surface area contributed by atoms with E-state index in [1.54, 1.807) is 0 Å². The summed E-state index contributed by atoms with van der Waals surface area (Å²) in [5.41, 5.74) is 2.02. The average Bonchev–Trinajstić information content (AvgIpc) is 3.22. The Labute approximate surface area is 156 Å². The summed E-state index contributed by atoms with van der Waals surface area (Å²) >= 11 is 1.53. The first-order valence-electron chi connectivity index (χ1n) is 8.53. The summed E-state index contributed by atoms with van der Waals surface area (Å²) < 4.78 is 2.10. The van der Waals surface area contributed by atoms with Gasteiger partial charge in [-0.2, -0.15) is 0 Å². The van der Waals surface area contributed by atoms with E-state index in [0.29, 0.717) is 13.1 Å². The van der Waals surface area contributed by atoms with E-state index in [4.69, 9.17) is 0 Å². The van der Waals surface area contributed by atoms with Crippen molar-refractivity contribution in [2.75, 3.05) is 6.54 Å². The Morgan fingerprint density at radius 2 is 2.04 bits per heavy atom. The molecule has 2 N–H and O–H groups in total. The standard InChI is InChI=1S/C19H22N4O2S/c1-13-21-15-6-3-4-7-17(15)23(13)10-9-20-19(25)12-16(22-14(2)24)18-8-5-11-26-18/h3-8,11,16H,9-10,12H2,1-2H3,(H,20,25)(H,22,24)/t16-/m1/s1. The van der Waals surface area contributed by atoms with Gasteiger partial charge in [0.05, 0.1) is 23.5 Å². The maximum Gasteiger partial charge on any atom is 0.222 e. The van der Waals surface area contributed by atoms with E-state index < -0.39 is 0 Å². The maximum absolute atomic E-state index is 12.3. The van der Waals surface area contributed by atoms with Crippen LogP contribution in [-0.2, 0) is 16.1 Å². The summed E-state index contributed by atoms with van der Waals surface area (Å²) in [7, 11) is 0. The van der Waals surface area contributed by atoms with Gasteiger partial charge in [-0.25, -0.2) is 4.98 Å². The summed E-state index contributed by atoms with van der Waals surface area (Å²) in [6.07, 6.45) is 0.226. The first-order valence-corrected chi connectivity index (χ1v) is 9.41. The molecule has 0 unspecified atom stereocenters. The van der Waals surface area contributed by atoms with Gasteiger partial charge in [0.2, 0.25) is 11.8 Å². The fourth-order valence-electron chi connectivity index (χ4n) is 3.00. The number of benzene rings is 1. The number of hydrogen-bond acceptors (Lipinski definition) is 4. The van der Waals surface area contributed by atoms with Gasteiger partial charge >= 0.3 is 0 Å². The molecule has 0 saturated heterocycles. The molecule has 3 rings (SSSR count). The van der Waals surface area contributed by atoms with E-state index in [2.05, 4.69) is 20.2 Å². The molecular weight excluding hydrogens is 348 g/mol. The number of aryl methyl sites for hydroxylation is 1. The number of nitrogens with one attached hydrogen (secondary N) is 2. The maximum atomic E-state index is 12.3. The highest BCUT2D eigenvalue weighted by molar-refractivity contribution is 7.10. The van der Waals surface area contributed by atoms with Crippen molar-refractivity contribution < 1.29 is 9.59 Å². The largest absolute Gasteiger partial charge is 0.354 e. The zero-order valence-corrected chi connectivity index (χ0v) is 15.7. The fraction of sp³-hybridized carbons (Fsp3) is 0.316. The minimum atomic E-state index is -0.289. The van der Waals surface area contributed by atoms with E-state index in [1.165, 1.54) is 18.3 Å². The molecular formula is C19H22N4O2S. The Morgan fingerprint density at radius 1 is 1.23 bits per heavy atom. The number of thiophene rings is 1. The van der Waals surface area contributed by atoms with Crippen molar-refractivity contribution in [3.05, 3.63) is 52.5 Å². The third kappa shape index (κ3) is 4.29. The van der Waals surface area contributed by atoms with Crippen LogP contribution < -0.4 is 10.6 Å². The van der Waals surface area contributed by atoms with Crippen molar-refractivity contribution in [3.63, 3.8) is 0 Å². The minimum Gasteiger partial charge on any atom is -0.354 e. The van der Waals surface area contributed by atoms with Gasteiger partial charge in [0.15, 0.2) is 0 Å². The molecule has 7 heteroatoms. The van der Waals surface area contributed by atoms with E-state index in [9.17, 15) is 9.59 Å². The molecule has 0 saturated carbocycles. The summed E-state index contributed by atoms with van der Waals surface area (Å²) in [4.78, 5) is 29.2. The SMILES string of the molecule is CC(=O)N[C@H](CC(=O)NCCn1c(C)nc2ccccc21)c1cccs1. The number of aromatic nitrogens is 2. The van der Waals surface area contributed by atoms with E-state index in [0.717, 1.165) is 21.7 Å². The predicted molar refractivity (Wildman–Crippen MR) is 103 cm³/mol. The number of nitrogens with zero attached hydrogens (tertiary/aromatic N) is 2. The monoisotopic (exact) mass is 370 g/mol. The van der Waals surface area contributed by atoms with Crippen molar-refractivity contribution >= 4 is 34.2 Å². The van der Waals surface area contributed by atoms with Crippen LogP contribution in [0, 0.1) is 6.92 Å². The van der Waals surface area contributed by atoms with E-state index in [1.807, 2.05) is 48.7 Å². The van der Waals surface area contributed by atoms with E-state index in [-0.39, 0.29) is 24.3 Å². The number of amides is 2. The van der Waals surface area contributed by atoms with Gasteiger partial charge in [0, 0.05) is 24.9 Å². The number of hydrogen-bond donors (Lipinski definition) is 2. The Morgan fingerprint density at radius 3 is 2.77 bits per heavy atom. The molecule has 0 radical (unpaired) electrons. The fourth-order valence-corrected chi connectivity index (χ4v) is 3.78. The van der Waals surface area contributed by atoms with Crippen LogP contribution in [0.25, 0.3) is 11.0 Å². The van der Waals surface area contributed by atoms with Gasteiger partial charge in [-0.1, -0.05) is 18.2 Å². The topological polar surface area (TPSA) is 76.0 Å². The summed E-state index contributed by atoms with van der Waals surface area (Å²) in [5.74, 6) is 0.700. The molecule has 26 heavy (non-hydrogen) atoms. The molecule has 0 aliphatic carbocycles. The highest BCUT2D eigenvalue weighted by Gasteiger charge is 2.18. The molecule has 0 aliphatic heterocycles. The van der Waals surface area contributed by atoms with Crippen molar-refractivity contribution in [1.82, 2.24) is 20.2 Å². The van der Waals surface area contributed by atoms with Gasteiger partial charge < -0.3 is 15.2 Å². The molecule has 0 spiro atoms. The molecule has 0 aliphatic rings. The number of carbonyl (C=O) groups excluding carboxylic acids is 2. The Kier molecular flexibility index (Phi) is 5.68. The van der Waals surface area contributed by atoms with Gasteiger partial charge in [0.1, 0.15) is 5.82 Å². The van der Waals surface area contributed by atoms with Gasteiger partial charge in [-0.15, -0.1) is 11.3 Å². The third-order valence-electron chi connectivity index (χ3n) is 4.16. The van der Waals surface area contributed by atoms with Crippen molar-refractivity contribution in [2.24, 2.45) is 0 Å². The quantitative estimate of drug-likeness (QED) is 0.671. The number of imidazole rings is 1. The zero-order valence-electron chi connectivity index (χ0n) is 14.9. The molecule has 2 heterocycles. The second-order valence-electron chi connectivity index (χ2n) is 6.12. The zero-order chi connectivity index (χ0) is 18.5. The number of fused-ring (bicyclic) bond motifs is 1. The first kappa shape index (κ1) is 18.1. The smallest absolute Gasteiger partial charge is 0.222 e. The van der Waals surface area contributed by atoms with Gasteiger partial charge in [0.25, 0.3) is 0 Å². The Balaban J connectivity index is 1.58. The average molecular weight is 370 g/mol. The van der Waals surface area contributed by atoms with Crippen molar-refractivity contribution in [1.29, 1.82) is 0 Å². The third-order valence-corrected chi connectivity index (χ3v) is 5.14. The van der Waals surface area contributed by atoms with Crippen LogP contribution in [0.15, 0.2) is 41.8 Å². The van der Waals surface area contributed by atoms with Crippen LogP contribution in [0.3, 0.4) is 0 Å². The van der Waals surface area contributed by atoms with Gasteiger partial charge in [-0.3, -0.25) is 9.59 Å². The first-order chi connectivity index (χ1) is 12.5. The Hall–Kier alpha value is -2.67. The van der Waals surface area contributed by atoms with Crippen molar-refractivity contribution in [2.45, 2.75) is 32.9 Å². The molecule has 1 atom stereocenters. The second-order valence-corrected chi connectivity index (χ2v) is 7.10. The van der Waals surface area contributed by atoms with E-state index >= 15 is 0 Å². The lowest BCUT2D eigenvalue weighted by molar-refractivity contribution is -0.122. The van der Waals surface area contributed by atoms with Crippen LogP contribution in [0.5, 0.6) is 0 Å². The molecule has 2 amide bonds. The highest BCUT2D eigenvalue weighted by atomic mass is 32.1. The normalized spacial score (nSPS) is 12.1. The number of para-hydroxylation sites is 2.